The maximum atomic E-state index is 13.3. The van der Waals surface area contributed by atoms with Gasteiger partial charge in [-0.2, -0.15) is 0 Å². The molecule has 0 aliphatic carbocycles. The first kappa shape index (κ1) is 29.8. The average molecular weight is 563 g/mol. The molecule has 0 aromatic heterocycles. The SMILES string of the molecule is CC(=O)OC[C@@H]1O[C@@H](SC2=NC(=C(C)C)C(=O)N2c2ccccc2)[C@@H](OC(C)=O)[C@@H](OC(C)=O)[C@@H]1OC(C)=O. The summed E-state index contributed by atoms with van der Waals surface area (Å²) in [6.07, 6.45) is -5.01. The first-order chi connectivity index (χ1) is 18.4. The number of benzene rings is 1. The molecule has 2 heterocycles. The summed E-state index contributed by atoms with van der Waals surface area (Å²) < 4.78 is 27.7. The predicted octanol–water partition coefficient (Wildman–Crippen LogP) is 2.50. The van der Waals surface area contributed by atoms with Crippen LogP contribution in [-0.2, 0) is 47.7 Å². The monoisotopic (exact) mass is 562 g/mol. The third-order valence-electron chi connectivity index (χ3n) is 5.46. The average Bonchev–Trinajstić information content (AvgIpc) is 3.17. The van der Waals surface area contributed by atoms with Crippen molar-refractivity contribution in [1.82, 2.24) is 0 Å². The topological polar surface area (TPSA) is 147 Å². The van der Waals surface area contributed by atoms with Crippen LogP contribution in [0.25, 0.3) is 0 Å². The fourth-order valence-corrected chi connectivity index (χ4v) is 5.17. The van der Waals surface area contributed by atoms with Crippen LogP contribution in [0, 0.1) is 0 Å². The van der Waals surface area contributed by atoms with Crippen molar-refractivity contribution < 1.29 is 47.7 Å². The van der Waals surface area contributed by atoms with E-state index in [1.807, 2.05) is 0 Å². The van der Waals surface area contributed by atoms with Gasteiger partial charge in [0.15, 0.2) is 28.9 Å². The van der Waals surface area contributed by atoms with Gasteiger partial charge in [-0.3, -0.25) is 28.9 Å². The van der Waals surface area contributed by atoms with Gasteiger partial charge in [0.1, 0.15) is 18.4 Å². The zero-order valence-electron chi connectivity index (χ0n) is 22.4. The minimum Gasteiger partial charge on any atom is -0.463 e. The number of amides is 1. The molecule has 0 saturated carbocycles. The lowest BCUT2D eigenvalue weighted by Crippen LogP contribution is -2.61. The normalized spacial score (nSPS) is 24.5. The second-order valence-electron chi connectivity index (χ2n) is 8.90. The molecule has 3 rings (SSSR count). The molecule has 39 heavy (non-hydrogen) atoms. The van der Waals surface area contributed by atoms with Crippen molar-refractivity contribution in [2.45, 2.75) is 71.4 Å². The molecular weight excluding hydrogens is 532 g/mol. The molecule has 1 saturated heterocycles. The van der Waals surface area contributed by atoms with Gasteiger partial charge in [0.2, 0.25) is 0 Å². The Morgan fingerprint density at radius 3 is 1.95 bits per heavy atom. The molecular formula is C26H30N2O10S. The van der Waals surface area contributed by atoms with Crippen LogP contribution in [0.1, 0.15) is 41.5 Å². The summed E-state index contributed by atoms with van der Waals surface area (Å²) in [6, 6.07) is 8.79. The van der Waals surface area contributed by atoms with Gasteiger partial charge in [-0.15, -0.1) is 0 Å². The molecule has 0 spiro atoms. The minimum atomic E-state index is -1.33. The highest BCUT2D eigenvalue weighted by molar-refractivity contribution is 8.14. The van der Waals surface area contributed by atoms with E-state index in [0.29, 0.717) is 11.3 Å². The maximum Gasteiger partial charge on any atom is 0.303 e. The molecule has 0 bridgehead atoms. The first-order valence-electron chi connectivity index (χ1n) is 12.0. The van der Waals surface area contributed by atoms with E-state index in [2.05, 4.69) is 4.99 Å². The fraction of sp³-hybridized carbons (Fsp3) is 0.462. The van der Waals surface area contributed by atoms with Crippen molar-refractivity contribution in [3.05, 3.63) is 41.6 Å². The molecule has 1 aromatic carbocycles. The van der Waals surface area contributed by atoms with Crippen molar-refractivity contribution >= 4 is 52.4 Å². The molecule has 2 aliphatic rings. The van der Waals surface area contributed by atoms with Gasteiger partial charge in [-0.05, 0) is 31.6 Å². The van der Waals surface area contributed by atoms with Crippen LogP contribution in [0.5, 0.6) is 0 Å². The van der Waals surface area contributed by atoms with Crippen molar-refractivity contribution in [2.75, 3.05) is 11.5 Å². The minimum absolute atomic E-state index is 0.211. The second-order valence-corrected chi connectivity index (χ2v) is 9.97. The van der Waals surface area contributed by atoms with E-state index in [4.69, 9.17) is 23.7 Å². The Morgan fingerprint density at radius 1 is 0.846 bits per heavy atom. The van der Waals surface area contributed by atoms with Gasteiger partial charge < -0.3 is 23.7 Å². The summed E-state index contributed by atoms with van der Waals surface area (Å²) in [5, 5.41) is 0.211. The maximum absolute atomic E-state index is 13.3. The Bertz CT molecular complexity index is 1190. The number of thioether (sulfide) groups is 1. The van der Waals surface area contributed by atoms with Crippen molar-refractivity contribution in [2.24, 2.45) is 4.99 Å². The van der Waals surface area contributed by atoms with Crippen molar-refractivity contribution in [3.63, 3.8) is 0 Å². The number of rotatable bonds is 7. The lowest BCUT2D eigenvalue weighted by atomic mass is 9.99. The number of aliphatic imine (C=N–C) groups is 1. The van der Waals surface area contributed by atoms with Crippen LogP contribution in [0.2, 0.25) is 0 Å². The van der Waals surface area contributed by atoms with Gasteiger partial charge in [0.05, 0.1) is 5.69 Å². The lowest BCUT2D eigenvalue weighted by Gasteiger charge is -2.44. The Balaban J connectivity index is 2.08. The summed E-state index contributed by atoms with van der Waals surface area (Å²) in [5.41, 5.74) is 0.320. The van der Waals surface area contributed by atoms with E-state index in [-0.39, 0.29) is 23.4 Å². The van der Waals surface area contributed by atoms with Crippen molar-refractivity contribution in [3.8, 4) is 0 Å². The molecule has 1 fully saturated rings. The zero-order chi connectivity index (χ0) is 28.9. The molecule has 1 aromatic rings. The fourth-order valence-electron chi connectivity index (χ4n) is 3.98. The molecule has 13 heteroatoms. The molecule has 0 radical (unpaired) electrons. The van der Waals surface area contributed by atoms with Gasteiger partial charge in [0, 0.05) is 27.7 Å². The molecule has 0 unspecified atom stereocenters. The third-order valence-corrected chi connectivity index (χ3v) is 6.56. The number of allylic oxidation sites excluding steroid dienone is 1. The Kier molecular flexibility index (Phi) is 9.86. The predicted molar refractivity (Wildman–Crippen MR) is 139 cm³/mol. The van der Waals surface area contributed by atoms with E-state index in [1.165, 1.54) is 11.8 Å². The number of hydrogen-bond donors (Lipinski definition) is 0. The van der Waals surface area contributed by atoms with Gasteiger partial charge >= 0.3 is 23.9 Å². The smallest absolute Gasteiger partial charge is 0.303 e. The van der Waals surface area contributed by atoms with E-state index in [9.17, 15) is 24.0 Å². The standard InChI is InChI=1S/C26H30N2O10S/c1-13(2)20-24(33)28(18-10-8-7-9-11-18)26(27-20)39-25-23(37-17(6)32)22(36-16(5)31)21(35-15(4)30)19(38-25)12-34-14(3)29/h7-11,19,21-23,25H,12H2,1-6H3/t19-,21+,22-,23-,25-/m0/s1. The first-order valence-corrected chi connectivity index (χ1v) is 12.9. The van der Waals surface area contributed by atoms with E-state index in [0.717, 1.165) is 32.5 Å². The molecule has 5 atom stereocenters. The number of hydrogen-bond acceptors (Lipinski definition) is 12. The number of nitrogens with zero attached hydrogens (tertiary/aromatic N) is 2. The second kappa shape index (κ2) is 12.9. The van der Waals surface area contributed by atoms with Gasteiger partial charge in [-0.25, -0.2) is 4.99 Å². The summed E-state index contributed by atoms with van der Waals surface area (Å²) in [4.78, 5) is 66.9. The Morgan fingerprint density at radius 2 is 1.41 bits per heavy atom. The van der Waals surface area contributed by atoms with Crippen LogP contribution in [0.4, 0.5) is 5.69 Å². The molecule has 210 valence electrons. The molecule has 1 amide bonds. The summed E-state index contributed by atoms with van der Waals surface area (Å²) in [5.74, 6) is -3.17. The summed E-state index contributed by atoms with van der Waals surface area (Å²) in [6.45, 7) is 7.79. The number of anilines is 1. The van der Waals surface area contributed by atoms with Crippen LogP contribution >= 0.6 is 11.8 Å². The lowest BCUT2D eigenvalue weighted by molar-refractivity contribution is -0.237. The number of carbonyl (C=O) groups is 5. The number of amidine groups is 1. The molecule has 0 N–H and O–H groups in total. The number of carbonyl (C=O) groups excluding carboxylic acids is 5. The Hall–Kier alpha value is -3.71. The quantitative estimate of drug-likeness (QED) is 0.274. The van der Waals surface area contributed by atoms with Crippen LogP contribution in [-0.4, -0.2) is 71.4 Å². The highest BCUT2D eigenvalue weighted by Crippen LogP contribution is 2.38. The number of esters is 4. The van der Waals surface area contributed by atoms with E-state index >= 15 is 0 Å². The van der Waals surface area contributed by atoms with Crippen LogP contribution in [0.15, 0.2) is 46.6 Å². The highest BCUT2D eigenvalue weighted by Gasteiger charge is 2.53. The highest BCUT2D eigenvalue weighted by atomic mass is 32.2. The largest absolute Gasteiger partial charge is 0.463 e. The molecule has 2 aliphatic heterocycles. The van der Waals surface area contributed by atoms with Crippen LogP contribution in [0.3, 0.4) is 0 Å². The zero-order valence-corrected chi connectivity index (χ0v) is 23.2. The third kappa shape index (κ3) is 7.45. The summed E-state index contributed by atoms with van der Waals surface area (Å²) >= 11 is 0.945. The molecule has 12 nitrogen and oxygen atoms in total. The Labute approximate surface area is 229 Å². The number of para-hydroxylation sites is 1. The summed E-state index contributed by atoms with van der Waals surface area (Å²) in [7, 11) is 0. The van der Waals surface area contributed by atoms with Gasteiger partial charge in [-0.1, -0.05) is 30.0 Å². The van der Waals surface area contributed by atoms with E-state index in [1.54, 1.807) is 44.2 Å². The van der Waals surface area contributed by atoms with E-state index < -0.39 is 53.7 Å². The van der Waals surface area contributed by atoms with Crippen molar-refractivity contribution in [1.29, 1.82) is 0 Å². The van der Waals surface area contributed by atoms with Gasteiger partial charge in [0.25, 0.3) is 5.91 Å². The number of ether oxygens (including phenoxy) is 5. The van der Waals surface area contributed by atoms with Crippen LogP contribution < -0.4 is 4.90 Å².